The lowest BCUT2D eigenvalue weighted by Gasteiger charge is -2.35. The van der Waals surface area contributed by atoms with Crippen LogP contribution in [0.2, 0.25) is 0 Å². The largest absolute Gasteiger partial charge is 0.481 e. The van der Waals surface area contributed by atoms with E-state index in [1.54, 1.807) is 6.07 Å². The number of ether oxygens (including phenoxy) is 1. The van der Waals surface area contributed by atoms with Crippen molar-refractivity contribution in [3.63, 3.8) is 0 Å². The van der Waals surface area contributed by atoms with Crippen molar-refractivity contribution in [1.29, 1.82) is 0 Å². The second-order valence-corrected chi connectivity index (χ2v) is 8.72. The fourth-order valence-electron chi connectivity index (χ4n) is 4.45. The van der Waals surface area contributed by atoms with Gasteiger partial charge in [-0.2, -0.15) is 0 Å². The first-order valence-electron chi connectivity index (χ1n) is 11.4. The van der Waals surface area contributed by atoms with Crippen LogP contribution in [0.5, 0.6) is 5.75 Å². The molecule has 0 saturated carbocycles. The Hall–Kier alpha value is -3.19. The van der Waals surface area contributed by atoms with Crippen molar-refractivity contribution in [2.24, 2.45) is 0 Å². The molecule has 1 atom stereocenters. The smallest absolute Gasteiger partial charge is 0.343 e. The number of carboxylic acid groups (broad SMARTS) is 1. The van der Waals surface area contributed by atoms with E-state index in [1.165, 1.54) is 42.7 Å². The molecule has 1 saturated heterocycles. The molecule has 2 aromatic rings. The maximum atomic E-state index is 12.7. The predicted molar refractivity (Wildman–Crippen MR) is 126 cm³/mol. The standard InChI is InChI=1S/C26H32N2O5/c1-3-26(14-4-5-16-28(2)18-26)21-7-6-8-22(17-21)33-25(32)20-11-9-19(10-12-20)24(31)27-15-13-23(29)30/h6-12,17H,3-5,13-16,18H2,1-2H3,(H,27,31)(H,29,30). The van der Waals surface area contributed by atoms with E-state index in [2.05, 4.69) is 30.3 Å². The molecule has 0 spiro atoms. The van der Waals surface area contributed by atoms with E-state index >= 15 is 0 Å². The third kappa shape index (κ3) is 6.42. The van der Waals surface area contributed by atoms with Crippen LogP contribution in [0.4, 0.5) is 0 Å². The summed E-state index contributed by atoms with van der Waals surface area (Å²) in [5, 5.41) is 11.2. The van der Waals surface area contributed by atoms with Crippen molar-refractivity contribution < 1.29 is 24.2 Å². The highest BCUT2D eigenvalue weighted by Gasteiger charge is 2.33. The predicted octanol–water partition coefficient (Wildman–Crippen LogP) is 3.87. The first-order chi connectivity index (χ1) is 15.8. The summed E-state index contributed by atoms with van der Waals surface area (Å²) in [5.74, 6) is -1.35. The molecule has 2 aromatic carbocycles. The van der Waals surface area contributed by atoms with Crippen LogP contribution in [0.15, 0.2) is 48.5 Å². The molecular weight excluding hydrogens is 420 g/mol. The number of amides is 1. The van der Waals surface area contributed by atoms with Gasteiger partial charge in [0.15, 0.2) is 0 Å². The zero-order valence-electron chi connectivity index (χ0n) is 19.3. The molecule has 1 aliphatic heterocycles. The Kier molecular flexibility index (Phi) is 8.22. The summed E-state index contributed by atoms with van der Waals surface area (Å²) in [7, 11) is 2.16. The van der Waals surface area contributed by atoms with Crippen molar-refractivity contribution >= 4 is 17.8 Å². The molecule has 0 aliphatic carbocycles. The van der Waals surface area contributed by atoms with E-state index in [4.69, 9.17) is 9.84 Å². The molecule has 1 heterocycles. The molecule has 0 radical (unpaired) electrons. The fourth-order valence-corrected chi connectivity index (χ4v) is 4.45. The average molecular weight is 453 g/mol. The lowest BCUT2D eigenvalue weighted by atomic mass is 9.74. The van der Waals surface area contributed by atoms with Crippen LogP contribution < -0.4 is 10.1 Å². The highest BCUT2D eigenvalue weighted by molar-refractivity contribution is 5.96. The Labute approximate surface area is 194 Å². The van der Waals surface area contributed by atoms with Gasteiger partial charge in [0, 0.05) is 24.1 Å². The van der Waals surface area contributed by atoms with Gasteiger partial charge >= 0.3 is 11.9 Å². The monoisotopic (exact) mass is 452 g/mol. The summed E-state index contributed by atoms with van der Waals surface area (Å²) < 4.78 is 5.65. The molecule has 7 nitrogen and oxygen atoms in total. The van der Waals surface area contributed by atoms with Crippen LogP contribution in [0.25, 0.3) is 0 Å². The van der Waals surface area contributed by atoms with Gasteiger partial charge in [-0.15, -0.1) is 0 Å². The molecule has 1 amide bonds. The van der Waals surface area contributed by atoms with E-state index in [0.29, 0.717) is 16.9 Å². The molecule has 3 rings (SSSR count). The van der Waals surface area contributed by atoms with Crippen molar-refractivity contribution in [1.82, 2.24) is 10.2 Å². The minimum atomic E-state index is -0.978. The number of aliphatic carboxylic acids is 1. The minimum absolute atomic E-state index is 0.0450. The lowest BCUT2D eigenvalue weighted by molar-refractivity contribution is -0.136. The van der Waals surface area contributed by atoms with Crippen molar-refractivity contribution in [2.75, 3.05) is 26.7 Å². The van der Waals surface area contributed by atoms with Gasteiger partial charge in [0.2, 0.25) is 0 Å². The van der Waals surface area contributed by atoms with Gasteiger partial charge < -0.3 is 20.1 Å². The highest BCUT2D eigenvalue weighted by atomic mass is 16.5. The van der Waals surface area contributed by atoms with Gasteiger partial charge in [-0.25, -0.2) is 4.79 Å². The Morgan fingerprint density at radius 2 is 1.82 bits per heavy atom. The van der Waals surface area contributed by atoms with Gasteiger partial charge in [-0.1, -0.05) is 25.5 Å². The molecule has 0 aromatic heterocycles. The fraction of sp³-hybridized carbons (Fsp3) is 0.423. The van der Waals surface area contributed by atoms with Crippen LogP contribution in [-0.2, 0) is 10.2 Å². The van der Waals surface area contributed by atoms with E-state index in [0.717, 1.165) is 25.9 Å². The minimum Gasteiger partial charge on any atom is -0.481 e. The Morgan fingerprint density at radius 1 is 1.09 bits per heavy atom. The summed E-state index contributed by atoms with van der Waals surface area (Å²) in [4.78, 5) is 37.7. The molecule has 2 N–H and O–H groups in total. The summed E-state index contributed by atoms with van der Waals surface area (Å²) in [6.45, 7) is 4.35. The Balaban J connectivity index is 1.68. The van der Waals surface area contributed by atoms with E-state index in [9.17, 15) is 14.4 Å². The number of esters is 1. The van der Waals surface area contributed by atoms with E-state index in [1.807, 2.05) is 12.1 Å². The molecule has 1 fully saturated rings. The van der Waals surface area contributed by atoms with Gasteiger partial charge in [0.05, 0.1) is 12.0 Å². The van der Waals surface area contributed by atoms with Crippen LogP contribution >= 0.6 is 0 Å². The maximum Gasteiger partial charge on any atom is 0.343 e. The number of carboxylic acids is 1. The first-order valence-corrected chi connectivity index (χ1v) is 11.4. The molecule has 1 unspecified atom stereocenters. The van der Waals surface area contributed by atoms with Crippen molar-refractivity contribution in [3.8, 4) is 5.75 Å². The zero-order chi connectivity index (χ0) is 23.8. The number of carbonyl (C=O) groups excluding carboxylic acids is 2. The topological polar surface area (TPSA) is 95.9 Å². The Morgan fingerprint density at radius 3 is 2.52 bits per heavy atom. The summed E-state index contributed by atoms with van der Waals surface area (Å²) in [5.41, 5.74) is 1.92. The van der Waals surface area contributed by atoms with Crippen LogP contribution in [-0.4, -0.2) is 54.5 Å². The zero-order valence-corrected chi connectivity index (χ0v) is 19.3. The van der Waals surface area contributed by atoms with Crippen LogP contribution in [0, 0.1) is 0 Å². The van der Waals surface area contributed by atoms with Crippen molar-refractivity contribution in [3.05, 3.63) is 65.2 Å². The number of hydrogen-bond acceptors (Lipinski definition) is 5. The normalized spacial score (nSPS) is 18.8. The second kappa shape index (κ2) is 11.1. The lowest BCUT2D eigenvalue weighted by Crippen LogP contribution is -2.37. The number of hydrogen-bond donors (Lipinski definition) is 2. The molecular formula is C26H32N2O5. The molecule has 0 bridgehead atoms. The number of benzene rings is 2. The number of likely N-dealkylation sites (tertiary alicyclic amines) is 1. The quantitative estimate of drug-likeness (QED) is 0.466. The molecule has 1 aliphatic rings. The summed E-state index contributed by atoms with van der Waals surface area (Å²) >= 11 is 0. The van der Waals surface area contributed by atoms with Gasteiger partial charge in [-0.3, -0.25) is 9.59 Å². The highest BCUT2D eigenvalue weighted by Crippen LogP contribution is 2.37. The third-order valence-corrected chi connectivity index (χ3v) is 6.36. The SMILES string of the molecule is CCC1(c2cccc(OC(=O)c3ccc(C(=O)NCCC(=O)O)cc3)c2)CCCCN(C)C1. The van der Waals surface area contributed by atoms with Crippen LogP contribution in [0.3, 0.4) is 0 Å². The summed E-state index contributed by atoms with van der Waals surface area (Å²) in [6, 6.07) is 13.9. The summed E-state index contributed by atoms with van der Waals surface area (Å²) in [6.07, 6.45) is 4.36. The van der Waals surface area contributed by atoms with Crippen molar-refractivity contribution in [2.45, 2.75) is 44.4 Å². The van der Waals surface area contributed by atoms with E-state index < -0.39 is 11.9 Å². The van der Waals surface area contributed by atoms with Crippen LogP contribution in [0.1, 0.15) is 65.3 Å². The van der Waals surface area contributed by atoms with Gasteiger partial charge in [-0.05, 0) is 74.8 Å². The Bertz CT molecular complexity index is 988. The average Bonchev–Trinajstić information content (AvgIpc) is 3.01. The number of nitrogens with one attached hydrogen (secondary N) is 1. The number of likely N-dealkylation sites (N-methyl/N-ethyl adjacent to an activating group) is 1. The first kappa shape index (κ1) is 24.5. The number of nitrogens with zero attached hydrogens (tertiary/aromatic N) is 1. The number of rotatable bonds is 8. The second-order valence-electron chi connectivity index (χ2n) is 8.72. The van der Waals surface area contributed by atoms with E-state index in [-0.39, 0.29) is 24.3 Å². The molecule has 7 heteroatoms. The van der Waals surface area contributed by atoms with Gasteiger partial charge in [0.25, 0.3) is 5.91 Å². The maximum absolute atomic E-state index is 12.7. The van der Waals surface area contributed by atoms with Gasteiger partial charge in [0.1, 0.15) is 5.75 Å². The molecule has 33 heavy (non-hydrogen) atoms. The third-order valence-electron chi connectivity index (χ3n) is 6.36. The number of carbonyl (C=O) groups is 3. The molecule has 176 valence electrons.